The van der Waals surface area contributed by atoms with Gasteiger partial charge in [0.1, 0.15) is 25.0 Å². The summed E-state index contributed by atoms with van der Waals surface area (Å²) in [6.07, 6.45) is 0. The van der Waals surface area contributed by atoms with Gasteiger partial charge < -0.3 is 25.4 Å². The Bertz CT molecular complexity index is 476. The van der Waals surface area contributed by atoms with E-state index in [1.54, 1.807) is 0 Å². The van der Waals surface area contributed by atoms with Crippen LogP contribution in [0.1, 0.15) is 11.6 Å². The molecule has 0 bridgehead atoms. The summed E-state index contributed by atoms with van der Waals surface area (Å²) in [4.78, 5) is 10.9. The van der Waals surface area contributed by atoms with Gasteiger partial charge in [0.15, 0.2) is 11.5 Å². The summed E-state index contributed by atoms with van der Waals surface area (Å²) in [7, 11) is 0. The van der Waals surface area contributed by atoms with Crippen LogP contribution in [0.4, 0.5) is 0 Å². The van der Waals surface area contributed by atoms with E-state index in [2.05, 4.69) is 0 Å². The molecule has 2 rings (SSSR count). The molecule has 92 valence electrons. The Hall–Kier alpha value is -1.66. The van der Waals surface area contributed by atoms with Gasteiger partial charge in [-0.2, -0.15) is 0 Å². The molecule has 1 aromatic rings. The maximum Gasteiger partial charge on any atom is 0.325 e. The van der Waals surface area contributed by atoms with E-state index in [1.165, 1.54) is 6.07 Å². The average Bonchev–Trinajstić information content (AvgIpc) is 2.30. The molecule has 17 heavy (non-hydrogen) atoms. The fraction of sp³-hybridized carbons (Fsp3) is 0.300. The highest BCUT2D eigenvalue weighted by Crippen LogP contribution is 2.45. The number of ether oxygens (including phenoxy) is 2. The summed E-state index contributed by atoms with van der Waals surface area (Å²) < 4.78 is 10.5. The Labute approximate surface area is 102 Å². The van der Waals surface area contributed by atoms with Gasteiger partial charge in [0.25, 0.3) is 0 Å². The summed E-state index contributed by atoms with van der Waals surface area (Å²) >= 11 is 5.84. The third-order valence-corrected chi connectivity index (χ3v) is 2.76. The quantitative estimate of drug-likeness (QED) is 0.729. The molecule has 0 radical (unpaired) electrons. The number of nitrogens with two attached hydrogens (primary N) is 1. The van der Waals surface area contributed by atoms with E-state index in [0.717, 1.165) is 0 Å². The van der Waals surface area contributed by atoms with Crippen LogP contribution >= 0.6 is 11.6 Å². The van der Waals surface area contributed by atoms with Crippen molar-refractivity contribution < 1.29 is 24.5 Å². The molecule has 6 nitrogen and oxygen atoms in total. The predicted molar refractivity (Wildman–Crippen MR) is 58.7 cm³/mol. The Morgan fingerprint density at radius 3 is 2.76 bits per heavy atom. The minimum absolute atomic E-state index is 0.0221. The Morgan fingerprint density at radius 2 is 2.12 bits per heavy atom. The zero-order chi connectivity index (χ0) is 12.6. The smallest absolute Gasteiger partial charge is 0.325 e. The van der Waals surface area contributed by atoms with Crippen LogP contribution < -0.4 is 15.2 Å². The molecule has 0 saturated carbocycles. The molecule has 0 fully saturated rings. The highest BCUT2D eigenvalue weighted by atomic mass is 35.5. The van der Waals surface area contributed by atoms with Crippen LogP contribution in [0.15, 0.2) is 6.07 Å². The molecule has 0 aromatic heterocycles. The molecule has 1 unspecified atom stereocenters. The Kier molecular flexibility index (Phi) is 2.99. The first-order valence-electron chi connectivity index (χ1n) is 4.81. The fourth-order valence-corrected chi connectivity index (χ4v) is 1.83. The molecular weight excluding hydrogens is 250 g/mol. The summed E-state index contributed by atoms with van der Waals surface area (Å²) in [6, 6.07) is -0.111. The van der Waals surface area contributed by atoms with Gasteiger partial charge >= 0.3 is 5.97 Å². The van der Waals surface area contributed by atoms with Crippen LogP contribution in [-0.4, -0.2) is 29.4 Å². The number of hydrogen-bond acceptors (Lipinski definition) is 5. The van der Waals surface area contributed by atoms with Gasteiger partial charge in [-0.05, 0) is 0 Å². The van der Waals surface area contributed by atoms with Gasteiger partial charge in [-0.25, -0.2) is 0 Å². The van der Waals surface area contributed by atoms with Gasteiger partial charge in [0, 0.05) is 11.6 Å². The second-order valence-electron chi connectivity index (χ2n) is 3.46. The van der Waals surface area contributed by atoms with E-state index in [1.807, 2.05) is 0 Å². The Morgan fingerprint density at radius 1 is 1.47 bits per heavy atom. The van der Waals surface area contributed by atoms with E-state index < -0.39 is 12.0 Å². The molecule has 0 aliphatic carbocycles. The van der Waals surface area contributed by atoms with E-state index in [9.17, 15) is 9.90 Å². The lowest BCUT2D eigenvalue weighted by molar-refractivity contribution is -0.138. The number of carboxylic acids is 1. The standard InChI is InChI=1S/C10H10ClNO5/c11-7-4(13)3-5-9(17-2-1-16-5)6(7)8(12)10(14)15/h3,8,13H,1-2,12H2,(H,14,15). The zero-order valence-electron chi connectivity index (χ0n) is 8.64. The number of halogens is 1. The number of fused-ring (bicyclic) bond motifs is 1. The second kappa shape index (κ2) is 4.31. The lowest BCUT2D eigenvalue weighted by Crippen LogP contribution is -2.24. The number of phenolic OH excluding ortho intramolecular Hbond substituents is 1. The number of benzene rings is 1. The first kappa shape index (κ1) is 11.8. The Balaban J connectivity index is 2.62. The number of hydrogen-bond donors (Lipinski definition) is 3. The van der Waals surface area contributed by atoms with Crippen LogP contribution in [0.25, 0.3) is 0 Å². The first-order valence-corrected chi connectivity index (χ1v) is 5.19. The fourth-order valence-electron chi connectivity index (χ4n) is 1.58. The molecule has 0 amide bonds. The SMILES string of the molecule is NC(C(=O)O)c1c(Cl)c(O)cc2c1OCCO2. The highest BCUT2D eigenvalue weighted by Gasteiger charge is 2.29. The van der Waals surface area contributed by atoms with Crippen LogP contribution in [-0.2, 0) is 4.79 Å². The minimum Gasteiger partial charge on any atom is -0.506 e. The second-order valence-corrected chi connectivity index (χ2v) is 3.84. The van der Waals surface area contributed by atoms with Crippen molar-refractivity contribution in [3.63, 3.8) is 0 Å². The number of phenols is 1. The lowest BCUT2D eigenvalue weighted by Gasteiger charge is -2.23. The molecule has 1 atom stereocenters. The number of carboxylic acid groups (broad SMARTS) is 1. The van der Waals surface area contributed by atoms with Gasteiger partial charge in [-0.1, -0.05) is 11.6 Å². The van der Waals surface area contributed by atoms with E-state index in [4.69, 9.17) is 31.9 Å². The van der Waals surface area contributed by atoms with Gasteiger partial charge in [-0.3, -0.25) is 4.79 Å². The van der Waals surface area contributed by atoms with E-state index in [-0.39, 0.29) is 34.4 Å². The van der Waals surface area contributed by atoms with Gasteiger partial charge in [-0.15, -0.1) is 0 Å². The number of aliphatic carboxylic acids is 1. The van der Waals surface area contributed by atoms with Crippen LogP contribution in [0.2, 0.25) is 5.02 Å². The molecule has 1 heterocycles. The molecule has 0 saturated heterocycles. The van der Waals surface area contributed by atoms with Crippen molar-refractivity contribution >= 4 is 17.6 Å². The van der Waals surface area contributed by atoms with Crippen molar-refractivity contribution in [2.75, 3.05) is 13.2 Å². The number of rotatable bonds is 2. The van der Waals surface area contributed by atoms with Crippen molar-refractivity contribution in [3.05, 3.63) is 16.7 Å². The van der Waals surface area contributed by atoms with Crippen LogP contribution in [0.3, 0.4) is 0 Å². The monoisotopic (exact) mass is 259 g/mol. The van der Waals surface area contributed by atoms with Crippen LogP contribution in [0, 0.1) is 0 Å². The number of aromatic hydroxyl groups is 1. The van der Waals surface area contributed by atoms with Crippen molar-refractivity contribution in [2.45, 2.75) is 6.04 Å². The van der Waals surface area contributed by atoms with Crippen molar-refractivity contribution in [2.24, 2.45) is 5.73 Å². The molecule has 1 aliphatic heterocycles. The highest BCUT2D eigenvalue weighted by molar-refractivity contribution is 6.33. The topological polar surface area (TPSA) is 102 Å². The van der Waals surface area contributed by atoms with Crippen molar-refractivity contribution in [1.29, 1.82) is 0 Å². The molecule has 4 N–H and O–H groups in total. The molecule has 1 aliphatic rings. The predicted octanol–water partition coefficient (Wildman–Crippen LogP) is 0.901. The molecular formula is C10H10ClNO5. The summed E-state index contributed by atoms with van der Waals surface area (Å²) in [5.41, 5.74) is 5.52. The van der Waals surface area contributed by atoms with E-state index >= 15 is 0 Å². The summed E-state index contributed by atoms with van der Waals surface area (Å²) in [5.74, 6) is -1.14. The lowest BCUT2D eigenvalue weighted by atomic mass is 10.0. The maximum absolute atomic E-state index is 10.9. The normalized spacial score (nSPS) is 15.4. The molecule has 7 heteroatoms. The third-order valence-electron chi connectivity index (χ3n) is 2.36. The largest absolute Gasteiger partial charge is 0.506 e. The minimum atomic E-state index is -1.38. The summed E-state index contributed by atoms with van der Waals surface area (Å²) in [5, 5.41) is 18.3. The van der Waals surface area contributed by atoms with Crippen molar-refractivity contribution in [3.8, 4) is 17.2 Å². The molecule has 0 spiro atoms. The average molecular weight is 260 g/mol. The van der Waals surface area contributed by atoms with Crippen LogP contribution in [0.5, 0.6) is 17.2 Å². The summed E-state index contributed by atoms with van der Waals surface area (Å²) in [6.45, 7) is 0.587. The molecule has 1 aromatic carbocycles. The number of carbonyl (C=O) groups is 1. The van der Waals surface area contributed by atoms with E-state index in [0.29, 0.717) is 6.61 Å². The maximum atomic E-state index is 10.9. The first-order chi connectivity index (χ1) is 8.02. The van der Waals surface area contributed by atoms with Crippen molar-refractivity contribution in [1.82, 2.24) is 0 Å². The third kappa shape index (κ3) is 1.96. The zero-order valence-corrected chi connectivity index (χ0v) is 9.40. The van der Waals surface area contributed by atoms with Gasteiger partial charge in [0.05, 0.1) is 5.02 Å². The van der Waals surface area contributed by atoms with Gasteiger partial charge in [0.2, 0.25) is 0 Å².